The molecule has 0 aromatic rings. The van der Waals surface area contributed by atoms with Gasteiger partial charge in [0.05, 0.1) is 5.84 Å². The Kier molecular flexibility index (Phi) is 4.46. The van der Waals surface area contributed by atoms with Crippen molar-refractivity contribution in [3.05, 3.63) is 0 Å². The molecule has 1 aliphatic rings. The van der Waals surface area contributed by atoms with Gasteiger partial charge in [0, 0.05) is 26.2 Å². The number of alkyl halides is 2. The minimum absolute atomic E-state index is 0.0144. The SMILES string of the molecule is CC(=O)O.N=C(N)CC1CC(F)(F)C1. The van der Waals surface area contributed by atoms with E-state index in [0.717, 1.165) is 6.92 Å². The number of nitrogens with one attached hydrogen (secondary N) is 1. The minimum atomic E-state index is -2.47. The molecule has 0 aromatic heterocycles. The number of amidine groups is 1. The summed E-state index contributed by atoms with van der Waals surface area (Å²) >= 11 is 0. The Labute approximate surface area is 80.6 Å². The second kappa shape index (κ2) is 4.88. The van der Waals surface area contributed by atoms with Crippen LogP contribution in [0.2, 0.25) is 0 Å². The van der Waals surface area contributed by atoms with Crippen LogP contribution in [-0.2, 0) is 4.79 Å². The number of carboxylic acids is 1. The smallest absolute Gasteiger partial charge is 0.300 e. The van der Waals surface area contributed by atoms with Crippen LogP contribution in [0, 0.1) is 11.3 Å². The van der Waals surface area contributed by atoms with Gasteiger partial charge in [0.25, 0.3) is 5.97 Å². The van der Waals surface area contributed by atoms with Crippen LogP contribution < -0.4 is 5.73 Å². The van der Waals surface area contributed by atoms with Gasteiger partial charge >= 0.3 is 0 Å². The molecule has 0 amide bonds. The van der Waals surface area contributed by atoms with Gasteiger partial charge < -0.3 is 10.8 Å². The highest BCUT2D eigenvalue weighted by atomic mass is 19.3. The van der Waals surface area contributed by atoms with E-state index in [-0.39, 0.29) is 24.6 Å². The molecule has 0 aliphatic heterocycles. The molecule has 14 heavy (non-hydrogen) atoms. The maximum atomic E-state index is 12.1. The maximum Gasteiger partial charge on any atom is 0.300 e. The molecule has 0 bridgehead atoms. The number of aliphatic carboxylic acids is 1. The Morgan fingerprint density at radius 1 is 1.64 bits per heavy atom. The van der Waals surface area contributed by atoms with E-state index in [1.165, 1.54) is 0 Å². The van der Waals surface area contributed by atoms with Crippen molar-refractivity contribution in [2.24, 2.45) is 11.7 Å². The molecular formula is C8H14F2N2O2. The van der Waals surface area contributed by atoms with E-state index in [9.17, 15) is 8.78 Å². The highest BCUT2D eigenvalue weighted by molar-refractivity contribution is 5.77. The van der Waals surface area contributed by atoms with Crippen LogP contribution in [0.4, 0.5) is 8.78 Å². The Morgan fingerprint density at radius 2 is 2.00 bits per heavy atom. The Balaban J connectivity index is 0.000000364. The predicted octanol–water partition coefficient (Wildman–Crippen LogP) is 1.45. The fourth-order valence-electron chi connectivity index (χ4n) is 1.24. The number of halogens is 2. The van der Waals surface area contributed by atoms with Crippen LogP contribution in [-0.4, -0.2) is 22.8 Å². The molecule has 6 heteroatoms. The van der Waals surface area contributed by atoms with Crippen molar-refractivity contribution in [2.45, 2.75) is 32.1 Å². The molecule has 0 aromatic carbocycles. The number of hydrogen-bond donors (Lipinski definition) is 3. The lowest BCUT2D eigenvalue weighted by Gasteiger charge is -2.34. The van der Waals surface area contributed by atoms with Gasteiger partial charge in [-0.15, -0.1) is 0 Å². The summed E-state index contributed by atoms with van der Waals surface area (Å²) in [6.45, 7) is 1.08. The number of rotatable bonds is 2. The van der Waals surface area contributed by atoms with Crippen molar-refractivity contribution in [3.63, 3.8) is 0 Å². The van der Waals surface area contributed by atoms with Gasteiger partial charge in [-0.05, 0) is 5.92 Å². The van der Waals surface area contributed by atoms with Crippen molar-refractivity contribution in [1.29, 1.82) is 5.41 Å². The summed E-state index contributed by atoms with van der Waals surface area (Å²) in [5.74, 6) is -3.34. The van der Waals surface area contributed by atoms with E-state index in [1.807, 2.05) is 0 Å². The summed E-state index contributed by atoms with van der Waals surface area (Å²) in [5.41, 5.74) is 5.03. The third-order valence-electron chi connectivity index (χ3n) is 1.68. The maximum absolute atomic E-state index is 12.1. The molecule has 0 heterocycles. The average molecular weight is 208 g/mol. The van der Waals surface area contributed by atoms with Crippen molar-refractivity contribution >= 4 is 11.8 Å². The fourth-order valence-corrected chi connectivity index (χ4v) is 1.24. The molecule has 4 N–H and O–H groups in total. The molecule has 0 unspecified atom stereocenters. The Morgan fingerprint density at radius 3 is 2.21 bits per heavy atom. The lowest BCUT2D eigenvalue weighted by molar-refractivity contribution is -0.134. The van der Waals surface area contributed by atoms with Gasteiger partial charge in [-0.3, -0.25) is 10.2 Å². The summed E-state index contributed by atoms with van der Waals surface area (Å²) in [5, 5.41) is 14.2. The highest BCUT2D eigenvalue weighted by Crippen LogP contribution is 2.43. The highest BCUT2D eigenvalue weighted by Gasteiger charge is 2.44. The van der Waals surface area contributed by atoms with Crippen LogP contribution in [0.3, 0.4) is 0 Å². The second-order valence-electron chi connectivity index (χ2n) is 3.38. The Hall–Kier alpha value is -1.20. The van der Waals surface area contributed by atoms with Crippen molar-refractivity contribution in [2.75, 3.05) is 0 Å². The molecule has 0 atom stereocenters. The van der Waals surface area contributed by atoms with E-state index in [0.29, 0.717) is 6.42 Å². The lowest BCUT2D eigenvalue weighted by Crippen LogP contribution is -2.37. The van der Waals surface area contributed by atoms with E-state index in [4.69, 9.17) is 21.0 Å². The molecule has 1 saturated carbocycles. The first kappa shape index (κ1) is 12.8. The van der Waals surface area contributed by atoms with Crippen LogP contribution in [0.25, 0.3) is 0 Å². The summed E-state index contributed by atoms with van der Waals surface area (Å²) in [4.78, 5) is 9.00. The summed E-state index contributed by atoms with van der Waals surface area (Å²) < 4.78 is 24.3. The van der Waals surface area contributed by atoms with E-state index >= 15 is 0 Å². The zero-order valence-corrected chi connectivity index (χ0v) is 7.89. The van der Waals surface area contributed by atoms with Gasteiger partial charge in [0.2, 0.25) is 5.92 Å². The monoisotopic (exact) mass is 208 g/mol. The first-order chi connectivity index (χ1) is 6.23. The normalized spacial score (nSPS) is 18.8. The average Bonchev–Trinajstić information content (AvgIpc) is 1.78. The molecule has 0 radical (unpaired) electrons. The molecule has 82 valence electrons. The van der Waals surface area contributed by atoms with Crippen molar-refractivity contribution in [1.82, 2.24) is 0 Å². The number of carboxylic acid groups (broad SMARTS) is 1. The second-order valence-corrected chi connectivity index (χ2v) is 3.38. The summed E-state index contributed by atoms with van der Waals surface area (Å²) in [7, 11) is 0. The van der Waals surface area contributed by atoms with Crippen LogP contribution >= 0.6 is 0 Å². The van der Waals surface area contributed by atoms with Crippen molar-refractivity contribution < 1.29 is 18.7 Å². The van der Waals surface area contributed by atoms with Gasteiger partial charge in [-0.25, -0.2) is 8.78 Å². The van der Waals surface area contributed by atoms with Crippen molar-refractivity contribution in [3.8, 4) is 0 Å². The third kappa shape index (κ3) is 6.33. The van der Waals surface area contributed by atoms with E-state index in [1.54, 1.807) is 0 Å². The first-order valence-electron chi connectivity index (χ1n) is 4.13. The molecular weight excluding hydrogens is 194 g/mol. The van der Waals surface area contributed by atoms with E-state index in [2.05, 4.69) is 0 Å². The molecule has 0 spiro atoms. The third-order valence-corrected chi connectivity index (χ3v) is 1.68. The molecule has 1 rings (SSSR count). The Bertz CT molecular complexity index is 219. The van der Waals surface area contributed by atoms with Crippen LogP contribution in [0.5, 0.6) is 0 Å². The van der Waals surface area contributed by atoms with Gasteiger partial charge in [-0.1, -0.05) is 0 Å². The summed E-state index contributed by atoms with van der Waals surface area (Å²) in [6, 6.07) is 0. The zero-order chi connectivity index (χ0) is 11.4. The number of carbonyl (C=O) groups is 1. The topological polar surface area (TPSA) is 87.2 Å². The predicted molar refractivity (Wildman–Crippen MR) is 47.5 cm³/mol. The number of hydrogen-bond acceptors (Lipinski definition) is 2. The van der Waals surface area contributed by atoms with Crippen LogP contribution in [0.15, 0.2) is 0 Å². The van der Waals surface area contributed by atoms with E-state index < -0.39 is 11.9 Å². The summed E-state index contributed by atoms with van der Waals surface area (Å²) in [6.07, 6.45) is 0.148. The fraction of sp³-hybridized carbons (Fsp3) is 0.750. The molecule has 0 saturated heterocycles. The molecule has 1 fully saturated rings. The van der Waals surface area contributed by atoms with Gasteiger partial charge in [-0.2, -0.15) is 0 Å². The van der Waals surface area contributed by atoms with Gasteiger partial charge in [0.1, 0.15) is 0 Å². The van der Waals surface area contributed by atoms with Gasteiger partial charge in [0.15, 0.2) is 0 Å². The van der Waals surface area contributed by atoms with Crippen LogP contribution in [0.1, 0.15) is 26.2 Å². The lowest BCUT2D eigenvalue weighted by atomic mass is 9.79. The minimum Gasteiger partial charge on any atom is -0.481 e. The molecule has 1 aliphatic carbocycles. The first-order valence-corrected chi connectivity index (χ1v) is 4.13. The standard InChI is InChI=1S/C6H10F2N2.C2H4O2/c7-6(8)2-4(3-6)1-5(9)10;1-2(3)4/h4H,1-3H2,(H3,9,10);1H3,(H,3,4). The largest absolute Gasteiger partial charge is 0.481 e. The quantitative estimate of drug-likeness (QED) is 0.474. The number of nitrogens with two attached hydrogens (primary N) is 1. The zero-order valence-electron chi connectivity index (χ0n) is 7.89. The molecule has 4 nitrogen and oxygen atoms in total.